The SMILES string of the molecule is CCOCCOC(=O)n1nc(NC(=O)c2ccc(OCCN(C)C)cc2NCCOC)c2cc(S(=O)(=O)c3cc(F)cc(F)c3)ccc21. The van der Waals surface area contributed by atoms with E-state index < -0.39 is 38.4 Å². The van der Waals surface area contributed by atoms with Crippen LogP contribution in [0.15, 0.2) is 64.4 Å². The molecule has 0 aliphatic rings. The van der Waals surface area contributed by atoms with E-state index in [1.807, 2.05) is 19.0 Å². The van der Waals surface area contributed by atoms with E-state index in [1.165, 1.54) is 6.07 Å². The molecule has 4 rings (SSSR count). The van der Waals surface area contributed by atoms with Crippen molar-refractivity contribution in [3.8, 4) is 5.75 Å². The Labute approximate surface area is 276 Å². The summed E-state index contributed by atoms with van der Waals surface area (Å²) in [5, 5.41) is 10.1. The van der Waals surface area contributed by atoms with Crippen LogP contribution in [0.3, 0.4) is 0 Å². The summed E-state index contributed by atoms with van der Waals surface area (Å²) in [7, 11) is 0.930. The number of rotatable bonds is 16. The summed E-state index contributed by atoms with van der Waals surface area (Å²) in [6.45, 7) is 4.03. The number of likely N-dealkylation sites (N-methyl/N-ethyl adjacent to an activating group) is 1. The molecule has 3 aromatic carbocycles. The molecule has 0 saturated carbocycles. The van der Waals surface area contributed by atoms with Crippen molar-refractivity contribution in [2.75, 3.05) is 78.0 Å². The first-order chi connectivity index (χ1) is 22.9. The zero-order chi connectivity index (χ0) is 34.8. The predicted octanol–water partition coefficient (Wildman–Crippen LogP) is 4.42. The molecule has 0 unspecified atom stereocenters. The van der Waals surface area contributed by atoms with Crippen LogP contribution in [0.1, 0.15) is 17.3 Å². The zero-order valence-corrected chi connectivity index (χ0v) is 27.7. The van der Waals surface area contributed by atoms with Crippen molar-refractivity contribution in [3.05, 3.63) is 71.8 Å². The minimum absolute atomic E-state index is 0.0422. The Kier molecular flexibility index (Phi) is 12.4. The number of hydrogen-bond acceptors (Lipinski definition) is 11. The maximum Gasteiger partial charge on any atom is 0.435 e. The summed E-state index contributed by atoms with van der Waals surface area (Å²) in [4.78, 5) is 27.7. The number of benzene rings is 3. The number of carbonyl (C=O) groups is 2. The van der Waals surface area contributed by atoms with E-state index in [4.69, 9.17) is 18.9 Å². The maximum atomic E-state index is 13.9. The molecular weight excluding hydrogens is 652 g/mol. The van der Waals surface area contributed by atoms with Crippen molar-refractivity contribution in [1.29, 1.82) is 0 Å². The molecule has 0 aliphatic heterocycles. The number of hydrogen-bond donors (Lipinski definition) is 2. The average Bonchev–Trinajstić information content (AvgIpc) is 3.40. The van der Waals surface area contributed by atoms with Crippen LogP contribution >= 0.6 is 0 Å². The van der Waals surface area contributed by atoms with Crippen LogP contribution in [0.4, 0.5) is 25.1 Å². The van der Waals surface area contributed by atoms with Crippen molar-refractivity contribution in [2.45, 2.75) is 16.7 Å². The lowest BCUT2D eigenvalue weighted by Crippen LogP contribution is -2.20. The molecule has 258 valence electrons. The number of halogens is 2. The summed E-state index contributed by atoms with van der Waals surface area (Å²) < 4.78 is 77.0. The van der Waals surface area contributed by atoms with Gasteiger partial charge in [0.1, 0.15) is 30.6 Å². The molecule has 0 bridgehead atoms. The van der Waals surface area contributed by atoms with Crippen LogP contribution in [0, 0.1) is 11.6 Å². The lowest BCUT2D eigenvalue weighted by atomic mass is 10.1. The summed E-state index contributed by atoms with van der Waals surface area (Å²) >= 11 is 0. The average molecular weight is 690 g/mol. The Morgan fingerprint density at radius 3 is 2.38 bits per heavy atom. The lowest BCUT2D eigenvalue weighted by molar-refractivity contribution is 0.0786. The van der Waals surface area contributed by atoms with Gasteiger partial charge in [-0.3, -0.25) is 4.79 Å². The van der Waals surface area contributed by atoms with E-state index in [9.17, 15) is 26.8 Å². The molecule has 16 heteroatoms. The third-order valence-electron chi connectivity index (χ3n) is 6.83. The molecule has 0 saturated heterocycles. The summed E-state index contributed by atoms with van der Waals surface area (Å²) in [5.41, 5.74) is 0.702. The Hall–Kier alpha value is -4.64. The fourth-order valence-corrected chi connectivity index (χ4v) is 5.80. The number of fused-ring (bicyclic) bond motifs is 1. The van der Waals surface area contributed by atoms with Crippen LogP contribution in [0.5, 0.6) is 5.75 Å². The number of aromatic nitrogens is 2. The van der Waals surface area contributed by atoms with Crippen LogP contribution < -0.4 is 15.4 Å². The number of anilines is 2. The van der Waals surface area contributed by atoms with Crippen LogP contribution in [-0.4, -0.2) is 102 Å². The van der Waals surface area contributed by atoms with Gasteiger partial charge in [-0.1, -0.05) is 0 Å². The fourth-order valence-electron chi connectivity index (χ4n) is 4.48. The molecule has 48 heavy (non-hydrogen) atoms. The molecule has 0 atom stereocenters. The zero-order valence-electron chi connectivity index (χ0n) is 26.9. The topological polar surface area (TPSA) is 150 Å². The third-order valence-corrected chi connectivity index (χ3v) is 8.57. The maximum absolute atomic E-state index is 13.9. The minimum atomic E-state index is -4.44. The number of methoxy groups -OCH3 is 1. The predicted molar refractivity (Wildman–Crippen MR) is 174 cm³/mol. The van der Waals surface area contributed by atoms with E-state index in [-0.39, 0.29) is 40.4 Å². The Morgan fingerprint density at radius 1 is 0.938 bits per heavy atom. The van der Waals surface area contributed by atoms with Crippen LogP contribution in [0.25, 0.3) is 10.9 Å². The second-order valence-corrected chi connectivity index (χ2v) is 12.5. The summed E-state index contributed by atoms with van der Waals surface area (Å²) in [5.74, 6) is -2.45. The van der Waals surface area contributed by atoms with Gasteiger partial charge >= 0.3 is 6.09 Å². The second-order valence-electron chi connectivity index (χ2n) is 10.6. The van der Waals surface area contributed by atoms with Gasteiger partial charge in [0.2, 0.25) is 9.84 Å². The van der Waals surface area contributed by atoms with Crippen molar-refractivity contribution in [2.24, 2.45) is 0 Å². The smallest absolute Gasteiger partial charge is 0.435 e. The number of ether oxygens (including phenoxy) is 4. The Bertz CT molecular complexity index is 1850. The fraction of sp³-hybridized carbons (Fsp3) is 0.344. The molecule has 1 amide bonds. The first-order valence-electron chi connectivity index (χ1n) is 14.9. The molecule has 0 radical (unpaired) electrons. The highest BCUT2D eigenvalue weighted by molar-refractivity contribution is 7.91. The second kappa shape index (κ2) is 16.5. The number of nitrogens with one attached hydrogen (secondary N) is 2. The highest BCUT2D eigenvalue weighted by Crippen LogP contribution is 2.31. The first-order valence-corrected chi connectivity index (χ1v) is 16.4. The number of nitrogens with zero attached hydrogens (tertiary/aromatic N) is 3. The minimum Gasteiger partial charge on any atom is -0.492 e. The summed E-state index contributed by atoms with van der Waals surface area (Å²) in [6, 6.07) is 10.4. The van der Waals surface area contributed by atoms with Crippen molar-refractivity contribution >= 4 is 44.2 Å². The number of amides is 1. The summed E-state index contributed by atoms with van der Waals surface area (Å²) in [6.07, 6.45) is -0.913. The third kappa shape index (κ3) is 9.03. The standard InChI is InChI=1S/C32H37F2N5O8S/c1-5-45-14-15-47-32(41)39-29-9-7-24(48(42,43)25-17-21(33)16-22(34)18-25)20-27(29)30(37-39)36-31(40)26-8-6-23(46-13-11-38(2)3)19-28(26)35-10-12-44-4/h6-9,16-20,35H,5,10-15H2,1-4H3,(H,36,37,40). The van der Waals surface area contributed by atoms with Crippen LogP contribution in [-0.2, 0) is 24.0 Å². The molecule has 2 N–H and O–H groups in total. The van der Waals surface area contributed by atoms with Crippen LogP contribution in [0.2, 0.25) is 0 Å². The van der Waals surface area contributed by atoms with Gasteiger partial charge in [0, 0.05) is 44.3 Å². The molecule has 0 spiro atoms. The van der Waals surface area contributed by atoms with Gasteiger partial charge in [-0.2, -0.15) is 4.68 Å². The Morgan fingerprint density at radius 2 is 1.69 bits per heavy atom. The van der Waals surface area contributed by atoms with Gasteiger partial charge in [-0.15, -0.1) is 5.10 Å². The highest BCUT2D eigenvalue weighted by Gasteiger charge is 2.25. The molecule has 4 aromatic rings. The highest BCUT2D eigenvalue weighted by atomic mass is 32.2. The van der Waals surface area contributed by atoms with E-state index in [0.29, 0.717) is 62.5 Å². The molecule has 1 heterocycles. The van der Waals surface area contributed by atoms with Gasteiger partial charge < -0.3 is 34.5 Å². The van der Waals surface area contributed by atoms with Gasteiger partial charge in [-0.25, -0.2) is 22.0 Å². The molecule has 0 aliphatic carbocycles. The van der Waals surface area contributed by atoms with Gasteiger partial charge in [0.25, 0.3) is 5.91 Å². The van der Waals surface area contributed by atoms with Crippen molar-refractivity contribution in [3.63, 3.8) is 0 Å². The largest absolute Gasteiger partial charge is 0.492 e. The first kappa shape index (κ1) is 36.2. The monoisotopic (exact) mass is 689 g/mol. The number of carbonyl (C=O) groups excluding carboxylic acids is 2. The number of sulfone groups is 1. The Balaban J connectivity index is 1.74. The van der Waals surface area contributed by atoms with Gasteiger partial charge in [-0.05, 0) is 63.5 Å². The van der Waals surface area contributed by atoms with Crippen molar-refractivity contribution < 1.29 is 45.7 Å². The van der Waals surface area contributed by atoms with Gasteiger partial charge in [0.15, 0.2) is 5.82 Å². The molecule has 13 nitrogen and oxygen atoms in total. The normalized spacial score (nSPS) is 11.6. The lowest BCUT2D eigenvalue weighted by Gasteiger charge is -2.15. The van der Waals surface area contributed by atoms with E-state index in [1.54, 1.807) is 32.2 Å². The van der Waals surface area contributed by atoms with Gasteiger partial charge in [0.05, 0.1) is 39.8 Å². The molecular formula is C32H37F2N5O8S. The van der Waals surface area contributed by atoms with E-state index in [0.717, 1.165) is 16.8 Å². The van der Waals surface area contributed by atoms with E-state index in [2.05, 4.69) is 15.7 Å². The van der Waals surface area contributed by atoms with Crippen molar-refractivity contribution in [1.82, 2.24) is 14.7 Å². The molecule has 0 fully saturated rings. The quantitative estimate of drug-likeness (QED) is 0.161. The molecule has 1 aromatic heterocycles. The van der Waals surface area contributed by atoms with E-state index >= 15 is 0 Å².